The van der Waals surface area contributed by atoms with Gasteiger partial charge in [0.25, 0.3) is 0 Å². The lowest BCUT2D eigenvalue weighted by molar-refractivity contribution is -0.138. The van der Waals surface area contributed by atoms with Crippen molar-refractivity contribution in [1.82, 2.24) is 0 Å². The minimum absolute atomic E-state index is 0.352. The fraction of sp³-hybridized carbons (Fsp3) is 0.231. The highest BCUT2D eigenvalue weighted by molar-refractivity contribution is 5.88. The van der Waals surface area contributed by atoms with Crippen LogP contribution < -0.4 is 0 Å². The van der Waals surface area contributed by atoms with Crippen LogP contribution in [-0.2, 0) is 16.0 Å². The van der Waals surface area contributed by atoms with E-state index < -0.39 is 0 Å². The summed E-state index contributed by atoms with van der Waals surface area (Å²) in [5.41, 5.74) is 1.97. The van der Waals surface area contributed by atoms with Gasteiger partial charge >= 0.3 is 5.97 Å². The number of nitrogens with zero attached hydrogens (tertiary/aromatic N) is 1. The molecule has 0 aliphatic carbocycles. The number of nitriles is 1. The summed E-state index contributed by atoms with van der Waals surface area (Å²) in [6.07, 6.45) is 0.449. The van der Waals surface area contributed by atoms with Crippen molar-refractivity contribution in [2.45, 2.75) is 13.3 Å². The van der Waals surface area contributed by atoms with Gasteiger partial charge in [0.1, 0.15) is 0 Å². The summed E-state index contributed by atoms with van der Waals surface area (Å²) in [6.45, 7) is 5.78. The molecule has 0 atom stereocenters. The van der Waals surface area contributed by atoms with E-state index in [9.17, 15) is 4.79 Å². The van der Waals surface area contributed by atoms with Crippen LogP contribution in [0.2, 0.25) is 0 Å². The maximum absolute atomic E-state index is 11.3. The van der Waals surface area contributed by atoms with Gasteiger partial charge in [0.2, 0.25) is 0 Å². The first-order valence-corrected chi connectivity index (χ1v) is 5.01. The zero-order chi connectivity index (χ0) is 12.0. The molecule has 0 N–H and O–H groups in total. The van der Waals surface area contributed by atoms with Gasteiger partial charge in [-0.3, -0.25) is 0 Å². The molecular weight excluding hydrogens is 202 g/mol. The molecule has 1 aromatic carbocycles. The van der Waals surface area contributed by atoms with E-state index in [0.29, 0.717) is 24.2 Å². The Kier molecular flexibility index (Phi) is 4.28. The highest BCUT2D eigenvalue weighted by Gasteiger charge is 2.08. The second-order valence-electron chi connectivity index (χ2n) is 3.31. The Hall–Kier alpha value is -2.08. The predicted molar refractivity (Wildman–Crippen MR) is 60.6 cm³/mol. The summed E-state index contributed by atoms with van der Waals surface area (Å²) in [5.74, 6) is -0.369. The van der Waals surface area contributed by atoms with Crippen molar-refractivity contribution in [3.63, 3.8) is 0 Å². The predicted octanol–water partition coefficient (Wildman–Crippen LogP) is 2.22. The number of carbonyl (C=O) groups is 1. The number of ether oxygens (including phenoxy) is 1. The van der Waals surface area contributed by atoms with Crippen LogP contribution in [0.1, 0.15) is 18.1 Å². The van der Waals surface area contributed by atoms with Gasteiger partial charge < -0.3 is 4.74 Å². The Morgan fingerprint density at radius 2 is 2.06 bits per heavy atom. The number of rotatable bonds is 4. The molecule has 0 saturated heterocycles. The van der Waals surface area contributed by atoms with E-state index in [1.165, 1.54) is 0 Å². The number of esters is 1. The Labute approximate surface area is 95.0 Å². The summed E-state index contributed by atoms with van der Waals surface area (Å²) >= 11 is 0. The molecule has 1 rings (SSSR count). The van der Waals surface area contributed by atoms with E-state index in [-0.39, 0.29) is 5.97 Å². The van der Waals surface area contributed by atoms with E-state index in [1.54, 1.807) is 19.1 Å². The molecule has 16 heavy (non-hydrogen) atoms. The van der Waals surface area contributed by atoms with Crippen LogP contribution in [0.4, 0.5) is 0 Å². The van der Waals surface area contributed by atoms with Crippen molar-refractivity contribution in [1.29, 1.82) is 5.26 Å². The number of hydrogen-bond donors (Lipinski definition) is 0. The van der Waals surface area contributed by atoms with E-state index in [4.69, 9.17) is 10.00 Å². The Morgan fingerprint density at radius 1 is 1.44 bits per heavy atom. The molecule has 82 valence electrons. The van der Waals surface area contributed by atoms with E-state index >= 15 is 0 Å². The van der Waals surface area contributed by atoms with Crippen LogP contribution in [0.15, 0.2) is 36.4 Å². The van der Waals surface area contributed by atoms with Crippen LogP contribution in [0.25, 0.3) is 0 Å². The summed E-state index contributed by atoms with van der Waals surface area (Å²) in [5, 5.41) is 8.63. The first-order chi connectivity index (χ1) is 7.67. The topological polar surface area (TPSA) is 50.1 Å². The molecule has 3 nitrogen and oxygen atoms in total. The monoisotopic (exact) mass is 215 g/mol. The van der Waals surface area contributed by atoms with Gasteiger partial charge in [0.15, 0.2) is 0 Å². The minimum Gasteiger partial charge on any atom is -0.463 e. The Morgan fingerprint density at radius 3 is 2.56 bits per heavy atom. The Bertz CT molecular complexity index is 426. The third-order valence-corrected chi connectivity index (χ3v) is 2.06. The molecule has 0 aliphatic rings. The van der Waals surface area contributed by atoms with Crippen molar-refractivity contribution in [2.75, 3.05) is 6.61 Å². The third kappa shape index (κ3) is 3.25. The zero-order valence-corrected chi connectivity index (χ0v) is 9.19. The lowest BCUT2D eigenvalue weighted by atomic mass is 10.1. The van der Waals surface area contributed by atoms with E-state index in [1.807, 2.05) is 18.2 Å². The van der Waals surface area contributed by atoms with Crippen LogP contribution in [0.5, 0.6) is 0 Å². The fourth-order valence-electron chi connectivity index (χ4n) is 1.25. The number of carbonyl (C=O) groups excluding carboxylic acids is 1. The van der Waals surface area contributed by atoms with Crippen molar-refractivity contribution in [3.8, 4) is 6.07 Å². The Balaban J connectivity index is 2.63. The molecule has 1 aromatic rings. The lowest BCUT2D eigenvalue weighted by Crippen LogP contribution is -2.08. The highest BCUT2D eigenvalue weighted by atomic mass is 16.5. The van der Waals surface area contributed by atoms with Gasteiger partial charge in [-0.1, -0.05) is 18.7 Å². The molecule has 0 unspecified atom stereocenters. The van der Waals surface area contributed by atoms with Gasteiger partial charge in [0.05, 0.1) is 18.2 Å². The number of hydrogen-bond acceptors (Lipinski definition) is 3. The molecular formula is C13H13NO2. The molecule has 0 aliphatic heterocycles. The van der Waals surface area contributed by atoms with Gasteiger partial charge in [-0.2, -0.15) is 5.26 Å². The van der Waals surface area contributed by atoms with Crippen molar-refractivity contribution >= 4 is 5.97 Å². The largest absolute Gasteiger partial charge is 0.463 e. The SMILES string of the molecule is C=C(Cc1ccc(C#N)cc1)C(=O)OCC. The van der Waals surface area contributed by atoms with Crippen LogP contribution in [-0.4, -0.2) is 12.6 Å². The second-order valence-corrected chi connectivity index (χ2v) is 3.31. The maximum atomic E-state index is 11.3. The highest BCUT2D eigenvalue weighted by Crippen LogP contribution is 2.09. The van der Waals surface area contributed by atoms with E-state index in [2.05, 4.69) is 6.58 Å². The average Bonchev–Trinajstić information content (AvgIpc) is 2.30. The van der Waals surface area contributed by atoms with Crippen molar-refractivity contribution in [3.05, 3.63) is 47.5 Å². The molecule has 0 heterocycles. The normalized spacial score (nSPS) is 9.25. The molecule has 0 aromatic heterocycles. The summed E-state index contributed by atoms with van der Waals surface area (Å²) < 4.78 is 4.83. The van der Waals surface area contributed by atoms with Gasteiger partial charge in [0, 0.05) is 12.0 Å². The summed E-state index contributed by atoms with van der Waals surface area (Å²) in [4.78, 5) is 11.3. The smallest absolute Gasteiger partial charge is 0.333 e. The fourth-order valence-corrected chi connectivity index (χ4v) is 1.25. The van der Waals surface area contributed by atoms with Crippen molar-refractivity contribution < 1.29 is 9.53 Å². The average molecular weight is 215 g/mol. The zero-order valence-electron chi connectivity index (χ0n) is 9.19. The van der Waals surface area contributed by atoms with Crippen molar-refractivity contribution in [2.24, 2.45) is 0 Å². The molecule has 0 spiro atoms. The molecule has 0 bridgehead atoms. The standard InChI is InChI=1S/C13H13NO2/c1-3-16-13(15)10(2)8-11-4-6-12(9-14)7-5-11/h4-7H,2-3,8H2,1H3. The molecule has 3 heteroatoms. The van der Waals surface area contributed by atoms with E-state index in [0.717, 1.165) is 5.56 Å². The quantitative estimate of drug-likeness (QED) is 0.571. The van der Waals surface area contributed by atoms with Crippen LogP contribution >= 0.6 is 0 Å². The summed E-state index contributed by atoms with van der Waals surface area (Å²) in [6, 6.07) is 9.09. The molecule has 0 fully saturated rings. The third-order valence-electron chi connectivity index (χ3n) is 2.06. The minimum atomic E-state index is -0.369. The summed E-state index contributed by atoms with van der Waals surface area (Å²) in [7, 11) is 0. The molecule has 0 amide bonds. The molecule has 0 saturated carbocycles. The van der Waals surface area contributed by atoms with Gasteiger partial charge in [-0.15, -0.1) is 0 Å². The number of benzene rings is 1. The van der Waals surface area contributed by atoms with Crippen LogP contribution in [0, 0.1) is 11.3 Å². The maximum Gasteiger partial charge on any atom is 0.333 e. The molecule has 0 radical (unpaired) electrons. The first-order valence-electron chi connectivity index (χ1n) is 5.01. The second kappa shape index (κ2) is 5.72. The van der Waals surface area contributed by atoms with Gasteiger partial charge in [-0.05, 0) is 24.6 Å². The lowest BCUT2D eigenvalue weighted by Gasteiger charge is -2.05. The van der Waals surface area contributed by atoms with Crippen LogP contribution in [0.3, 0.4) is 0 Å². The van der Waals surface area contributed by atoms with Gasteiger partial charge in [-0.25, -0.2) is 4.79 Å². The first kappa shape index (κ1) is 12.0.